The molecular weight excluding hydrogens is 388 g/mol. The molecule has 4 N–H and O–H groups in total. The van der Waals surface area contributed by atoms with Crippen LogP contribution in [0.1, 0.15) is 11.6 Å². The first-order valence-corrected chi connectivity index (χ1v) is 12.8. The van der Waals surface area contributed by atoms with E-state index in [2.05, 4.69) is 30.3 Å². The summed E-state index contributed by atoms with van der Waals surface area (Å²) in [6.45, 7) is 5.98. The van der Waals surface area contributed by atoms with Crippen LogP contribution in [0.4, 0.5) is 5.69 Å². The van der Waals surface area contributed by atoms with Crippen LogP contribution in [0.3, 0.4) is 0 Å². The third-order valence-corrected chi connectivity index (χ3v) is 6.56. The number of carbonyl (C=O) groups is 2. The number of amides is 2. The summed E-state index contributed by atoms with van der Waals surface area (Å²) in [5.74, 6) is -0.691. The molecule has 29 heavy (non-hydrogen) atoms. The van der Waals surface area contributed by atoms with Crippen molar-refractivity contribution in [3.05, 3.63) is 54.1 Å². The van der Waals surface area contributed by atoms with Crippen LogP contribution >= 0.6 is 0 Å². The fraction of sp³-hybridized carbons (Fsp3) is 0.333. The number of aliphatic hydroxyl groups is 2. The average Bonchev–Trinajstić information content (AvgIpc) is 2.71. The zero-order valence-corrected chi connectivity index (χ0v) is 18.1. The zero-order valence-electron chi connectivity index (χ0n) is 17.1. The van der Waals surface area contributed by atoms with Crippen LogP contribution in [0.15, 0.2) is 48.5 Å². The van der Waals surface area contributed by atoms with Gasteiger partial charge in [0.05, 0.1) is 21.8 Å². The maximum Gasteiger partial charge on any atom is 0.252 e. The van der Waals surface area contributed by atoms with E-state index in [0.717, 1.165) is 0 Å². The molecule has 7 nitrogen and oxygen atoms in total. The van der Waals surface area contributed by atoms with Crippen molar-refractivity contribution in [1.29, 1.82) is 0 Å². The van der Waals surface area contributed by atoms with Gasteiger partial charge in [-0.15, -0.1) is 0 Å². The fourth-order valence-electron chi connectivity index (χ4n) is 2.69. The summed E-state index contributed by atoms with van der Waals surface area (Å²) >= 11 is 0. The average molecular weight is 417 g/mol. The first-order valence-electron chi connectivity index (χ1n) is 9.30. The molecule has 0 aliphatic heterocycles. The van der Waals surface area contributed by atoms with Gasteiger partial charge in [0.2, 0.25) is 0 Å². The molecule has 0 saturated heterocycles. The van der Waals surface area contributed by atoms with Gasteiger partial charge in [0.25, 0.3) is 11.8 Å². The first-order chi connectivity index (χ1) is 13.7. The number of ether oxygens (including phenoxy) is 1. The van der Waals surface area contributed by atoms with Gasteiger partial charge in [-0.2, -0.15) is 0 Å². The number of rotatable bonds is 8. The largest absolute Gasteiger partial charge is 0.497 e. The molecule has 2 aromatic rings. The monoisotopic (exact) mass is 416 g/mol. The van der Waals surface area contributed by atoms with E-state index in [-0.39, 0.29) is 0 Å². The van der Waals surface area contributed by atoms with Crippen molar-refractivity contribution in [1.82, 2.24) is 5.32 Å². The van der Waals surface area contributed by atoms with E-state index in [9.17, 15) is 14.7 Å². The highest BCUT2D eigenvalue weighted by Gasteiger charge is 2.26. The van der Waals surface area contributed by atoms with Gasteiger partial charge in [-0.1, -0.05) is 49.1 Å². The van der Waals surface area contributed by atoms with Crippen LogP contribution in [0.2, 0.25) is 19.6 Å². The Hall–Kier alpha value is -2.68. The molecular formula is C21H28N2O5Si. The van der Waals surface area contributed by atoms with Gasteiger partial charge in [0.15, 0.2) is 6.10 Å². The van der Waals surface area contributed by atoms with E-state index in [4.69, 9.17) is 9.84 Å². The molecule has 0 fully saturated rings. The Morgan fingerprint density at radius 3 is 2.07 bits per heavy atom. The van der Waals surface area contributed by atoms with Crippen molar-refractivity contribution in [2.75, 3.05) is 19.0 Å². The fourth-order valence-corrected chi connectivity index (χ4v) is 3.85. The predicted molar refractivity (Wildman–Crippen MR) is 115 cm³/mol. The third-order valence-electron chi connectivity index (χ3n) is 4.49. The van der Waals surface area contributed by atoms with E-state index in [0.29, 0.717) is 17.0 Å². The molecule has 156 valence electrons. The van der Waals surface area contributed by atoms with Gasteiger partial charge in [-0.3, -0.25) is 9.59 Å². The van der Waals surface area contributed by atoms with Gasteiger partial charge in [0, 0.05) is 5.69 Å². The topological polar surface area (TPSA) is 108 Å². The zero-order chi connectivity index (χ0) is 21.6. The van der Waals surface area contributed by atoms with Crippen molar-refractivity contribution in [3.8, 4) is 5.75 Å². The lowest BCUT2D eigenvalue weighted by Crippen LogP contribution is -2.43. The van der Waals surface area contributed by atoms with Crippen molar-refractivity contribution < 1.29 is 24.5 Å². The van der Waals surface area contributed by atoms with E-state index in [1.807, 2.05) is 24.3 Å². The highest BCUT2D eigenvalue weighted by atomic mass is 28.3. The summed E-state index contributed by atoms with van der Waals surface area (Å²) in [5, 5.41) is 25.1. The highest BCUT2D eigenvalue weighted by Crippen LogP contribution is 2.20. The van der Waals surface area contributed by atoms with Gasteiger partial charge < -0.3 is 25.6 Å². The minimum absolute atomic E-state index is 0.464. The van der Waals surface area contributed by atoms with Crippen molar-refractivity contribution in [3.63, 3.8) is 0 Å². The minimum Gasteiger partial charge on any atom is -0.497 e. The van der Waals surface area contributed by atoms with Crippen molar-refractivity contribution in [2.24, 2.45) is 0 Å². The van der Waals surface area contributed by atoms with Crippen molar-refractivity contribution >= 4 is 30.8 Å². The molecule has 2 aromatic carbocycles. The Morgan fingerprint density at radius 2 is 1.59 bits per heavy atom. The molecule has 0 aliphatic carbocycles. The molecule has 0 aliphatic rings. The summed E-state index contributed by atoms with van der Waals surface area (Å²) < 4.78 is 5.12. The van der Waals surface area contributed by atoms with Crippen LogP contribution < -0.4 is 20.6 Å². The quantitative estimate of drug-likeness (QED) is 0.487. The van der Waals surface area contributed by atoms with E-state index in [1.165, 1.54) is 12.3 Å². The number of methoxy groups -OCH3 is 1. The van der Waals surface area contributed by atoms with Crippen LogP contribution in [0, 0.1) is 0 Å². The molecule has 0 spiro atoms. The Bertz CT molecular complexity index is 832. The molecule has 0 radical (unpaired) electrons. The van der Waals surface area contributed by atoms with Crippen LogP contribution in [0.25, 0.3) is 0 Å². The van der Waals surface area contributed by atoms with E-state index >= 15 is 0 Å². The second-order valence-electron chi connectivity index (χ2n) is 7.73. The third kappa shape index (κ3) is 6.15. The van der Waals surface area contributed by atoms with E-state index in [1.54, 1.807) is 24.3 Å². The van der Waals surface area contributed by atoms with Crippen LogP contribution in [-0.2, 0) is 9.59 Å². The molecule has 0 saturated carbocycles. The minimum atomic E-state index is -1.61. The van der Waals surface area contributed by atoms with Gasteiger partial charge in [-0.25, -0.2) is 0 Å². The smallest absolute Gasteiger partial charge is 0.252 e. The Morgan fingerprint density at radius 1 is 1.00 bits per heavy atom. The molecule has 2 rings (SSSR count). The number of benzene rings is 2. The second kappa shape index (κ2) is 9.68. The molecule has 2 unspecified atom stereocenters. The number of anilines is 1. The van der Waals surface area contributed by atoms with Crippen molar-refractivity contribution in [2.45, 2.75) is 31.8 Å². The van der Waals surface area contributed by atoms with Crippen LogP contribution in [-0.4, -0.2) is 49.9 Å². The summed E-state index contributed by atoms with van der Waals surface area (Å²) in [6.07, 6.45) is -1.61. The number of carbonyl (C=O) groups excluding carboxylic acids is 2. The Labute approximate surface area is 171 Å². The number of nitrogens with one attached hydrogen (secondary N) is 2. The molecule has 2 atom stereocenters. The summed E-state index contributed by atoms with van der Waals surface area (Å²) in [5.41, 5.74) is 1.12. The molecule has 0 aromatic heterocycles. The number of hydrogen-bond donors (Lipinski definition) is 4. The van der Waals surface area contributed by atoms with Gasteiger partial charge in [-0.05, 0) is 29.8 Å². The van der Waals surface area contributed by atoms with Crippen LogP contribution in [0.5, 0.6) is 5.75 Å². The lowest BCUT2D eigenvalue weighted by atomic mass is 10.1. The summed E-state index contributed by atoms with van der Waals surface area (Å²) in [4.78, 5) is 25.0. The first kappa shape index (κ1) is 22.6. The number of aliphatic hydroxyl groups excluding tert-OH is 2. The number of hydrogen-bond acceptors (Lipinski definition) is 5. The maximum absolute atomic E-state index is 12.9. The summed E-state index contributed by atoms with van der Waals surface area (Å²) in [7, 11) is 0.0790. The predicted octanol–water partition coefficient (Wildman–Crippen LogP) is 1.39. The SMILES string of the molecule is COc1ccc(C(NC(=O)C(O)CO)C(=O)Nc2ccc([Si](C)(C)C)cc2)cc1. The molecule has 2 amide bonds. The summed E-state index contributed by atoms with van der Waals surface area (Å²) in [6, 6.07) is 13.3. The second-order valence-corrected chi connectivity index (χ2v) is 12.8. The lowest BCUT2D eigenvalue weighted by Gasteiger charge is -2.21. The Balaban J connectivity index is 2.24. The Kier molecular flexibility index (Phi) is 7.55. The standard InChI is InChI=1S/C21H28N2O5Si/c1-28-16-9-5-14(6-10-16)19(23-20(26)18(25)13-24)21(27)22-15-7-11-17(12-8-15)29(2,3)4/h5-12,18-19,24-25H,13H2,1-4H3,(H,22,27)(H,23,26). The molecule has 0 heterocycles. The van der Waals surface area contributed by atoms with E-state index < -0.39 is 38.6 Å². The normalized spacial score (nSPS) is 13.3. The molecule has 8 heteroatoms. The van der Waals surface area contributed by atoms with Gasteiger partial charge >= 0.3 is 0 Å². The van der Waals surface area contributed by atoms with Gasteiger partial charge in [0.1, 0.15) is 11.8 Å². The maximum atomic E-state index is 12.9. The lowest BCUT2D eigenvalue weighted by molar-refractivity contribution is -0.134. The highest BCUT2D eigenvalue weighted by molar-refractivity contribution is 6.88. The molecule has 0 bridgehead atoms.